The number of para-hydroxylation sites is 1. The number of Topliss-reactive ketones (excluding diaryl/α,β-unsaturated/α-hetero) is 1. The van der Waals surface area contributed by atoms with Crippen LogP contribution in [0.3, 0.4) is 0 Å². The number of carbonyl (C=O) groups excluding carboxylic acids is 2. The van der Waals surface area contributed by atoms with E-state index in [1.165, 1.54) is 0 Å². The number of nitrogens with zero attached hydrogens (tertiary/aromatic N) is 1. The molecule has 1 aromatic heterocycles. The molecule has 2 aromatic carbocycles. The molecule has 2 aliphatic rings. The van der Waals surface area contributed by atoms with Crippen molar-refractivity contribution in [2.24, 2.45) is 0 Å². The van der Waals surface area contributed by atoms with Gasteiger partial charge in [0.05, 0.1) is 18.2 Å². The van der Waals surface area contributed by atoms with Gasteiger partial charge in [0.1, 0.15) is 11.5 Å². The number of hydrogen-bond acceptors (Lipinski definition) is 4. The smallest absolute Gasteiger partial charge is 0.295 e. The molecule has 0 radical (unpaired) electrons. The fourth-order valence-electron chi connectivity index (χ4n) is 5.32. The second kappa shape index (κ2) is 9.37. The van der Waals surface area contributed by atoms with Gasteiger partial charge in [-0.3, -0.25) is 9.59 Å². The number of fused-ring (bicyclic) bond motifs is 1. The van der Waals surface area contributed by atoms with E-state index in [9.17, 15) is 14.7 Å². The molecule has 5 rings (SSSR count). The number of likely N-dealkylation sites (tertiary alicyclic amines) is 1. The van der Waals surface area contributed by atoms with Crippen molar-refractivity contribution >= 4 is 28.4 Å². The van der Waals surface area contributed by atoms with E-state index in [0.29, 0.717) is 17.9 Å². The van der Waals surface area contributed by atoms with Crippen LogP contribution in [0.2, 0.25) is 0 Å². The summed E-state index contributed by atoms with van der Waals surface area (Å²) in [6.45, 7) is 2.59. The van der Waals surface area contributed by atoms with E-state index in [4.69, 9.17) is 4.74 Å². The van der Waals surface area contributed by atoms with E-state index in [1.807, 2.05) is 43.5 Å². The monoisotopic (exact) mass is 458 g/mol. The molecule has 1 aliphatic carbocycles. The van der Waals surface area contributed by atoms with Crippen LogP contribution >= 0.6 is 0 Å². The van der Waals surface area contributed by atoms with Crippen LogP contribution in [0.15, 0.2) is 60.3 Å². The van der Waals surface area contributed by atoms with Gasteiger partial charge in [-0.05, 0) is 37.5 Å². The number of rotatable bonds is 6. The normalized spacial score (nSPS) is 20.9. The van der Waals surface area contributed by atoms with E-state index in [0.717, 1.165) is 55.0 Å². The Morgan fingerprint density at radius 2 is 1.88 bits per heavy atom. The summed E-state index contributed by atoms with van der Waals surface area (Å²) in [6.07, 6.45) is 7.67. The van der Waals surface area contributed by atoms with Crippen LogP contribution in [-0.4, -0.2) is 39.3 Å². The quantitative estimate of drug-likeness (QED) is 0.282. The van der Waals surface area contributed by atoms with Crippen molar-refractivity contribution in [3.05, 3.63) is 71.4 Å². The molecule has 34 heavy (non-hydrogen) atoms. The zero-order valence-electron chi connectivity index (χ0n) is 19.4. The lowest BCUT2D eigenvalue weighted by atomic mass is 9.91. The Morgan fingerprint density at radius 1 is 1.09 bits per heavy atom. The zero-order chi connectivity index (χ0) is 23.7. The zero-order valence-corrected chi connectivity index (χ0v) is 19.4. The van der Waals surface area contributed by atoms with E-state index < -0.39 is 17.7 Å². The summed E-state index contributed by atoms with van der Waals surface area (Å²) in [5.41, 5.74) is 2.38. The van der Waals surface area contributed by atoms with Crippen molar-refractivity contribution < 1.29 is 19.4 Å². The number of ether oxygens (including phenoxy) is 1. The summed E-state index contributed by atoms with van der Waals surface area (Å²) in [7, 11) is 0. The largest absolute Gasteiger partial charge is 0.507 e. The topological polar surface area (TPSA) is 82.6 Å². The Balaban J connectivity index is 1.66. The lowest BCUT2D eigenvalue weighted by Gasteiger charge is -2.35. The van der Waals surface area contributed by atoms with Gasteiger partial charge in [0.2, 0.25) is 0 Å². The first-order chi connectivity index (χ1) is 16.6. The minimum absolute atomic E-state index is 0.0200. The number of nitrogens with one attached hydrogen (secondary N) is 1. The Hall–Kier alpha value is -3.54. The average Bonchev–Trinajstić information content (AvgIpc) is 3.41. The molecule has 1 unspecified atom stereocenters. The van der Waals surface area contributed by atoms with E-state index >= 15 is 0 Å². The van der Waals surface area contributed by atoms with Gasteiger partial charge in [-0.25, -0.2) is 0 Å². The summed E-state index contributed by atoms with van der Waals surface area (Å²) in [5, 5.41) is 12.4. The predicted octanol–water partition coefficient (Wildman–Crippen LogP) is 5.71. The summed E-state index contributed by atoms with van der Waals surface area (Å²) < 4.78 is 5.73. The number of aromatic nitrogens is 1. The molecule has 0 bridgehead atoms. The van der Waals surface area contributed by atoms with Crippen LogP contribution in [-0.2, 0) is 9.59 Å². The molecule has 1 saturated carbocycles. The maximum absolute atomic E-state index is 13.4. The van der Waals surface area contributed by atoms with Gasteiger partial charge in [-0.15, -0.1) is 0 Å². The highest BCUT2D eigenvalue weighted by Gasteiger charge is 2.49. The molecule has 2 fully saturated rings. The minimum atomic E-state index is -0.639. The highest BCUT2D eigenvalue weighted by molar-refractivity contribution is 6.46. The van der Waals surface area contributed by atoms with Gasteiger partial charge in [-0.2, -0.15) is 0 Å². The van der Waals surface area contributed by atoms with Crippen LogP contribution in [0.4, 0.5) is 0 Å². The van der Waals surface area contributed by atoms with Crippen molar-refractivity contribution in [2.45, 2.75) is 57.5 Å². The molecule has 1 atom stereocenters. The molecular formula is C28H30N2O4. The van der Waals surface area contributed by atoms with Crippen LogP contribution in [0.25, 0.3) is 16.7 Å². The predicted molar refractivity (Wildman–Crippen MR) is 132 cm³/mol. The number of ketones is 1. The SMILES string of the molecule is CCCOc1cccc(/C(O)=C2\C(=O)C(=O)N(C3CCCCC3)C2c2c[nH]c3ccccc23)c1. The lowest BCUT2D eigenvalue weighted by molar-refractivity contribution is -0.141. The van der Waals surface area contributed by atoms with Crippen molar-refractivity contribution in [1.82, 2.24) is 9.88 Å². The number of carbonyl (C=O) groups is 2. The third-order valence-corrected chi connectivity index (χ3v) is 6.94. The Kier molecular flexibility index (Phi) is 6.14. The van der Waals surface area contributed by atoms with Gasteiger partial charge in [-0.1, -0.05) is 56.5 Å². The molecule has 2 heterocycles. The van der Waals surface area contributed by atoms with Gasteiger partial charge >= 0.3 is 0 Å². The van der Waals surface area contributed by atoms with E-state index in [2.05, 4.69) is 4.98 Å². The fraction of sp³-hybridized carbons (Fsp3) is 0.357. The van der Waals surface area contributed by atoms with Crippen molar-refractivity contribution in [3.63, 3.8) is 0 Å². The van der Waals surface area contributed by atoms with Crippen molar-refractivity contribution in [2.75, 3.05) is 6.61 Å². The van der Waals surface area contributed by atoms with Gasteiger partial charge in [0, 0.05) is 34.3 Å². The second-order valence-electron chi connectivity index (χ2n) is 9.16. The lowest BCUT2D eigenvalue weighted by Crippen LogP contribution is -2.40. The first-order valence-electron chi connectivity index (χ1n) is 12.2. The van der Waals surface area contributed by atoms with Crippen LogP contribution in [0.1, 0.15) is 62.6 Å². The van der Waals surface area contributed by atoms with Crippen molar-refractivity contribution in [3.8, 4) is 5.75 Å². The van der Waals surface area contributed by atoms with Gasteiger partial charge in [0.15, 0.2) is 0 Å². The first-order valence-corrected chi connectivity index (χ1v) is 12.2. The Bertz CT molecular complexity index is 1250. The van der Waals surface area contributed by atoms with Crippen LogP contribution in [0.5, 0.6) is 5.75 Å². The van der Waals surface area contributed by atoms with Crippen LogP contribution in [0, 0.1) is 0 Å². The molecule has 1 amide bonds. The molecule has 6 heteroatoms. The molecule has 0 spiro atoms. The summed E-state index contributed by atoms with van der Waals surface area (Å²) in [4.78, 5) is 31.8. The molecule has 1 aliphatic heterocycles. The fourth-order valence-corrected chi connectivity index (χ4v) is 5.32. The average molecular weight is 459 g/mol. The number of aromatic amines is 1. The third-order valence-electron chi connectivity index (χ3n) is 6.94. The highest BCUT2D eigenvalue weighted by atomic mass is 16.5. The molecule has 176 valence electrons. The summed E-state index contributed by atoms with van der Waals surface area (Å²) >= 11 is 0. The van der Waals surface area contributed by atoms with Crippen molar-refractivity contribution in [1.29, 1.82) is 0 Å². The molecular weight excluding hydrogens is 428 g/mol. The Labute approximate surface area is 199 Å². The van der Waals surface area contributed by atoms with Gasteiger partial charge < -0.3 is 19.7 Å². The second-order valence-corrected chi connectivity index (χ2v) is 9.16. The number of aliphatic hydroxyl groups excluding tert-OH is 1. The first kappa shape index (κ1) is 22.3. The Morgan fingerprint density at radius 3 is 2.68 bits per heavy atom. The summed E-state index contributed by atoms with van der Waals surface area (Å²) in [5.74, 6) is -0.690. The number of hydrogen-bond donors (Lipinski definition) is 2. The maximum atomic E-state index is 13.4. The molecule has 1 saturated heterocycles. The highest BCUT2D eigenvalue weighted by Crippen LogP contribution is 2.45. The van der Waals surface area contributed by atoms with Gasteiger partial charge in [0.25, 0.3) is 11.7 Å². The standard InChI is InChI=1S/C28H30N2O4/c1-2-15-34-20-12-8-9-18(16-20)26(31)24-25(22-17-29-23-14-7-6-13-21(22)23)30(28(33)27(24)32)19-10-4-3-5-11-19/h6-9,12-14,16-17,19,25,29,31H,2-5,10-11,15H2,1H3/b26-24+. The number of benzene rings is 2. The van der Waals surface area contributed by atoms with Crippen LogP contribution < -0.4 is 4.74 Å². The minimum Gasteiger partial charge on any atom is -0.507 e. The number of aliphatic hydroxyl groups is 1. The molecule has 6 nitrogen and oxygen atoms in total. The maximum Gasteiger partial charge on any atom is 0.295 e. The van der Waals surface area contributed by atoms with E-state index in [-0.39, 0.29) is 17.4 Å². The third kappa shape index (κ3) is 3.87. The molecule has 2 N–H and O–H groups in total. The number of H-pyrrole nitrogens is 1. The molecule has 3 aromatic rings. The number of amides is 1. The van der Waals surface area contributed by atoms with E-state index in [1.54, 1.807) is 23.1 Å². The summed E-state index contributed by atoms with van der Waals surface area (Å²) in [6, 6.07) is 14.3.